The summed E-state index contributed by atoms with van der Waals surface area (Å²) in [6, 6.07) is 0. The molecule has 0 N–H and O–H groups in total. The summed E-state index contributed by atoms with van der Waals surface area (Å²) in [4.78, 5) is 0. The molecule has 0 aromatic heterocycles. The number of hydrogen-bond donors (Lipinski definition) is 0. The first-order valence-electron chi connectivity index (χ1n) is 6.71. The predicted molar refractivity (Wildman–Crippen MR) is 83.5 cm³/mol. The van der Waals surface area contributed by atoms with Gasteiger partial charge in [0.1, 0.15) is 0 Å². The first kappa shape index (κ1) is 22.3. The first-order chi connectivity index (χ1) is 6.91. The molecule has 0 aromatic carbocycles. The van der Waals surface area contributed by atoms with Crippen LogP contribution in [0.5, 0.6) is 0 Å². The van der Waals surface area contributed by atoms with Gasteiger partial charge in [-0.05, 0) is 0 Å². The van der Waals surface area contributed by atoms with Gasteiger partial charge in [-0.15, -0.1) is 0 Å². The Morgan fingerprint density at radius 2 is 0.938 bits per heavy atom. The van der Waals surface area contributed by atoms with Gasteiger partial charge in [0, 0.05) is 0 Å². The van der Waals surface area contributed by atoms with E-state index in [0.717, 1.165) is 6.42 Å². The van der Waals surface area contributed by atoms with E-state index in [1.54, 1.807) is 0 Å². The molecular formula is C14H33AlLi. The minimum atomic E-state index is 0. The van der Waals surface area contributed by atoms with Crippen LogP contribution in [0, 0.1) is 6.92 Å². The summed E-state index contributed by atoms with van der Waals surface area (Å²) in [5, 5.41) is 0. The molecule has 0 heterocycles. The summed E-state index contributed by atoms with van der Waals surface area (Å²) in [5.41, 5.74) is 0. The number of rotatable bonds is 11. The second-order valence-electron chi connectivity index (χ2n) is 4.39. The zero-order valence-electron chi connectivity index (χ0n) is 10.2. The third-order valence-corrected chi connectivity index (χ3v) is 2.85. The molecule has 0 atom stereocenters. The van der Waals surface area contributed by atoms with Crippen molar-refractivity contribution in [2.24, 2.45) is 0 Å². The minimum absolute atomic E-state index is 0. The van der Waals surface area contributed by atoms with E-state index in [-0.39, 0.29) is 36.2 Å². The Kier molecular flexibility index (Phi) is 29.9. The Bertz CT molecular complexity index is 84.7. The van der Waals surface area contributed by atoms with Crippen molar-refractivity contribution in [3.63, 3.8) is 0 Å². The van der Waals surface area contributed by atoms with Gasteiger partial charge in [0.05, 0.1) is 0 Å². The quantitative estimate of drug-likeness (QED) is 0.378. The molecule has 0 saturated heterocycles. The maximum absolute atomic E-state index is 3.86. The fraction of sp³-hybridized carbons (Fsp3) is 0.929. The Morgan fingerprint density at radius 3 is 1.25 bits per heavy atom. The standard InChI is InChI=1S/C14H29.Al.Li.4H/c1-3-5-7-9-11-13-14-12-10-8-6-4-2;;;;;;/h1,3-14H2,2H3;;;;;;. The van der Waals surface area contributed by atoms with Crippen molar-refractivity contribution in [3.8, 4) is 0 Å². The number of unbranched alkanes of at least 4 members (excludes halogenated alkanes) is 11. The molecule has 16 heavy (non-hydrogen) atoms. The van der Waals surface area contributed by atoms with Gasteiger partial charge in [0.15, 0.2) is 17.4 Å². The average Bonchev–Trinajstić information content (AvgIpc) is 2.21. The van der Waals surface area contributed by atoms with Crippen LogP contribution >= 0.6 is 0 Å². The Labute approximate surface area is 127 Å². The van der Waals surface area contributed by atoms with Gasteiger partial charge in [-0.25, -0.2) is 0 Å². The molecule has 0 aliphatic heterocycles. The van der Waals surface area contributed by atoms with E-state index < -0.39 is 0 Å². The van der Waals surface area contributed by atoms with Gasteiger partial charge in [0.25, 0.3) is 0 Å². The van der Waals surface area contributed by atoms with Crippen LogP contribution in [0.2, 0.25) is 0 Å². The average molecular weight is 235 g/mol. The van der Waals surface area contributed by atoms with Crippen molar-refractivity contribution in [2.75, 3.05) is 0 Å². The monoisotopic (exact) mass is 235 g/mol. The van der Waals surface area contributed by atoms with Crippen LogP contribution in [0.4, 0.5) is 0 Å². The Balaban J connectivity index is -0.000000845. The molecule has 1 radical (unpaired) electrons. The van der Waals surface area contributed by atoms with Gasteiger partial charge in [-0.2, -0.15) is 0 Å². The van der Waals surface area contributed by atoms with E-state index in [4.69, 9.17) is 0 Å². The van der Waals surface area contributed by atoms with E-state index in [0.29, 0.717) is 0 Å². The van der Waals surface area contributed by atoms with E-state index >= 15 is 0 Å². The number of hydrogen-bond acceptors (Lipinski definition) is 0. The normalized spacial score (nSPS) is 9.38. The van der Waals surface area contributed by atoms with Crippen LogP contribution < -0.4 is 0 Å². The van der Waals surface area contributed by atoms with Crippen LogP contribution in [-0.4, -0.2) is 36.2 Å². The molecule has 0 aliphatic carbocycles. The fourth-order valence-electron chi connectivity index (χ4n) is 1.84. The van der Waals surface area contributed by atoms with Crippen molar-refractivity contribution in [1.29, 1.82) is 0 Å². The molecule has 0 amide bonds. The summed E-state index contributed by atoms with van der Waals surface area (Å²) in [6.45, 7) is 6.14. The van der Waals surface area contributed by atoms with Crippen LogP contribution in [0.15, 0.2) is 0 Å². The summed E-state index contributed by atoms with van der Waals surface area (Å²) < 4.78 is 0. The molecule has 0 spiro atoms. The van der Waals surface area contributed by atoms with Gasteiger partial charge in [-0.3, -0.25) is 0 Å². The molecule has 0 saturated carbocycles. The predicted octanol–water partition coefficient (Wildman–Crippen LogP) is 3.69. The van der Waals surface area contributed by atoms with Gasteiger partial charge < -0.3 is 0 Å². The zero-order chi connectivity index (χ0) is 10.5. The molecule has 0 aliphatic rings. The van der Waals surface area contributed by atoms with Crippen LogP contribution in [0.25, 0.3) is 0 Å². The molecular weight excluding hydrogens is 202 g/mol. The second kappa shape index (κ2) is 21.4. The molecule has 2 heteroatoms. The van der Waals surface area contributed by atoms with E-state index in [1.165, 1.54) is 70.6 Å². The van der Waals surface area contributed by atoms with Crippen LogP contribution in [0.3, 0.4) is 0 Å². The van der Waals surface area contributed by atoms with Crippen molar-refractivity contribution < 1.29 is 0 Å². The van der Waals surface area contributed by atoms with Crippen LogP contribution in [0.1, 0.15) is 84.0 Å². The molecule has 93 valence electrons. The Hall–Kier alpha value is 1.13. The zero-order valence-corrected chi connectivity index (χ0v) is 10.2. The van der Waals surface area contributed by atoms with E-state index in [9.17, 15) is 0 Å². The maximum atomic E-state index is 3.86. The second-order valence-corrected chi connectivity index (χ2v) is 4.39. The van der Waals surface area contributed by atoms with Gasteiger partial charge >= 0.3 is 18.9 Å². The topological polar surface area (TPSA) is 0 Å². The van der Waals surface area contributed by atoms with Gasteiger partial charge in [0.2, 0.25) is 0 Å². The summed E-state index contributed by atoms with van der Waals surface area (Å²) in [5.74, 6) is 0. The molecule has 0 aromatic rings. The van der Waals surface area contributed by atoms with Crippen LogP contribution in [-0.2, 0) is 0 Å². The molecule has 0 rings (SSSR count). The summed E-state index contributed by atoms with van der Waals surface area (Å²) >= 11 is 0. The first-order valence-corrected chi connectivity index (χ1v) is 6.71. The fourth-order valence-corrected chi connectivity index (χ4v) is 1.84. The van der Waals surface area contributed by atoms with Crippen molar-refractivity contribution in [3.05, 3.63) is 6.92 Å². The third kappa shape index (κ3) is 20.5. The SMILES string of the molecule is [AlH3].[CH2]CCCCCCCCCCCCC.[LiH]. The molecule has 0 unspecified atom stereocenters. The van der Waals surface area contributed by atoms with E-state index in [1.807, 2.05) is 0 Å². The molecule has 0 nitrogen and oxygen atoms in total. The van der Waals surface area contributed by atoms with Crippen molar-refractivity contribution >= 4 is 36.2 Å². The van der Waals surface area contributed by atoms with E-state index in [2.05, 4.69) is 13.8 Å². The summed E-state index contributed by atoms with van der Waals surface area (Å²) in [6.07, 6.45) is 16.9. The molecule has 0 bridgehead atoms. The Morgan fingerprint density at radius 1 is 0.625 bits per heavy atom. The summed E-state index contributed by atoms with van der Waals surface area (Å²) in [7, 11) is 0. The van der Waals surface area contributed by atoms with Crippen molar-refractivity contribution in [1.82, 2.24) is 0 Å². The third-order valence-electron chi connectivity index (χ3n) is 2.85. The molecule has 0 fully saturated rings. The van der Waals surface area contributed by atoms with Crippen molar-refractivity contribution in [2.45, 2.75) is 84.0 Å². The van der Waals surface area contributed by atoms with Gasteiger partial charge in [-0.1, -0.05) is 90.9 Å².